The lowest BCUT2D eigenvalue weighted by molar-refractivity contribution is -0.152. The van der Waals surface area contributed by atoms with Crippen molar-refractivity contribution in [2.45, 2.75) is 13.8 Å². The van der Waals surface area contributed by atoms with Crippen molar-refractivity contribution >= 4 is 11.9 Å². The van der Waals surface area contributed by atoms with Gasteiger partial charge in [-0.15, -0.1) is 0 Å². The second-order valence-corrected chi connectivity index (χ2v) is 4.34. The van der Waals surface area contributed by atoms with Crippen molar-refractivity contribution in [1.29, 1.82) is 0 Å². The van der Waals surface area contributed by atoms with E-state index in [1.165, 1.54) is 0 Å². The van der Waals surface area contributed by atoms with Gasteiger partial charge in [0.1, 0.15) is 0 Å². The third-order valence-electron chi connectivity index (χ3n) is 3.36. The van der Waals surface area contributed by atoms with Crippen molar-refractivity contribution < 1.29 is 19.1 Å². The molecule has 0 saturated carbocycles. The summed E-state index contributed by atoms with van der Waals surface area (Å²) in [5, 5.41) is 0. The summed E-state index contributed by atoms with van der Waals surface area (Å²) < 4.78 is 10.1. The maximum atomic E-state index is 11.8. The molecule has 0 aromatic carbocycles. The molecule has 1 heterocycles. The Morgan fingerprint density at radius 2 is 2.31 bits per heavy atom. The molecule has 4 heteroatoms. The van der Waals surface area contributed by atoms with Gasteiger partial charge in [-0.2, -0.15) is 0 Å². The average molecular weight is 224 g/mol. The van der Waals surface area contributed by atoms with E-state index in [4.69, 9.17) is 9.47 Å². The average Bonchev–Trinajstić information content (AvgIpc) is 2.60. The summed E-state index contributed by atoms with van der Waals surface area (Å²) in [4.78, 5) is 23.3. The number of cyclic esters (lactones) is 1. The minimum atomic E-state index is -0.259. The smallest absolute Gasteiger partial charge is 0.313 e. The number of carbonyl (C=O) groups excluding carboxylic acids is 2. The van der Waals surface area contributed by atoms with E-state index in [0.717, 1.165) is 0 Å². The summed E-state index contributed by atoms with van der Waals surface area (Å²) >= 11 is 0. The summed E-state index contributed by atoms with van der Waals surface area (Å²) in [7, 11) is 0. The zero-order chi connectivity index (χ0) is 11.7. The molecule has 0 amide bonds. The maximum Gasteiger partial charge on any atom is 0.313 e. The molecule has 2 aliphatic rings. The van der Waals surface area contributed by atoms with Crippen LogP contribution < -0.4 is 0 Å². The minimum Gasteiger partial charge on any atom is -0.466 e. The van der Waals surface area contributed by atoms with Crippen molar-refractivity contribution in [1.82, 2.24) is 0 Å². The van der Waals surface area contributed by atoms with Crippen LogP contribution in [0.2, 0.25) is 0 Å². The highest BCUT2D eigenvalue weighted by Gasteiger charge is 2.47. The van der Waals surface area contributed by atoms with Gasteiger partial charge in [0.2, 0.25) is 0 Å². The second-order valence-electron chi connectivity index (χ2n) is 4.34. The molecule has 88 valence electrons. The Kier molecular flexibility index (Phi) is 2.99. The van der Waals surface area contributed by atoms with Gasteiger partial charge in [0.15, 0.2) is 0 Å². The van der Waals surface area contributed by atoms with E-state index in [1.807, 2.05) is 19.1 Å². The van der Waals surface area contributed by atoms with Crippen LogP contribution in [-0.2, 0) is 19.1 Å². The van der Waals surface area contributed by atoms with E-state index < -0.39 is 0 Å². The van der Waals surface area contributed by atoms with Crippen LogP contribution in [-0.4, -0.2) is 25.2 Å². The van der Waals surface area contributed by atoms with Crippen LogP contribution >= 0.6 is 0 Å². The second kappa shape index (κ2) is 4.28. The predicted octanol–water partition coefficient (Wildman–Crippen LogP) is 1.16. The first-order chi connectivity index (χ1) is 7.65. The molecule has 16 heavy (non-hydrogen) atoms. The highest BCUT2D eigenvalue weighted by atomic mass is 16.5. The van der Waals surface area contributed by atoms with Crippen LogP contribution in [0.3, 0.4) is 0 Å². The first-order valence-electron chi connectivity index (χ1n) is 5.66. The lowest BCUT2D eigenvalue weighted by Gasteiger charge is -2.29. The van der Waals surface area contributed by atoms with E-state index >= 15 is 0 Å². The quantitative estimate of drug-likeness (QED) is 0.521. The summed E-state index contributed by atoms with van der Waals surface area (Å²) in [5.74, 6) is -0.886. The molecule has 0 radical (unpaired) electrons. The van der Waals surface area contributed by atoms with E-state index in [2.05, 4.69) is 0 Å². The van der Waals surface area contributed by atoms with Gasteiger partial charge in [0.25, 0.3) is 0 Å². The van der Waals surface area contributed by atoms with Gasteiger partial charge in [-0.1, -0.05) is 19.1 Å². The highest BCUT2D eigenvalue weighted by Crippen LogP contribution is 2.39. The van der Waals surface area contributed by atoms with Crippen LogP contribution in [0.1, 0.15) is 13.8 Å². The van der Waals surface area contributed by atoms with Crippen LogP contribution in [0, 0.1) is 23.7 Å². The summed E-state index contributed by atoms with van der Waals surface area (Å²) in [6.07, 6.45) is 3.77. The zero-order valence-electron chi connectivity index (χ0n) is 9.51. The van der Waals surface area contributed by atoms with Gasteiger partial charge < -0.3 is 9.47 Å². The molecule has 0 aromatic heterocycles. The summed E-state index contributed by atoms with van der Waals surface area (Å²) in [5.41, 5.74) is 0. The molecule has 0 unspecified atom stereocenters. The molecule has 0 bridgehead atoms. The summed E-state index contributed by atoms with van der Waals surface area (Å²) in [6, 6.07) is 0. The zero-order valence-corrected chi connectivity index (χ0v) is 9.51. The Bertz CT molecular complexity index is 334. The number of rotatable bonds is 2. The molecule has 1 saturated heterocycles. The first-order valence-corrected chi connectivity index (χ1v) is 5.66. The molecule has 4 atom stereocenters. The Balaban J connectivity index is 2.20. The van der Waals surface area contributed by atoms with Crippen molar-refractivity contribution in [2.75, 3.05) is 13.2 Å². The third-order valence-corrected chi connectivity index (χ3v) is 3.36. The fourth-order valence-corrected chi connectivity index (χ4v) is 2.53. The highest BCUT2D eigenvalue weighted by molar-refractivity contribution is 5.81. The normalized spacial score (nSPS) is 36.8. The Morgan fingerprint density at radius 3 is 3.00 bits per heavy atom. The molecular weight excluding hydrogens is 208 g/mol. The molecule has 0 N–H and O–H groups in total. The number of hydrogen-bond acceptors (Lipinski definition) is 4. The molecule has 1 aliphatic carbocycles. The van der Waals surface area contributed by atoms with E-state index in [0.29, 0.717) is 13.2 Å². The third kappa shape index (κ3) is 1.72. The number of allylic oxidation sites excluding steroid dienone is 1. The van der Waals surface area contributed by atoms with Crippen molar-refractivity contribution in [3.05, 3.63) is 12.2 Å². The van der Waals surface area contributed by atoms with Gasteiger partial charge >= 0.3 is 11.9 Å². The predicted molar refractivity (Wildman–Crippen MR) is 56.4 cm³/mol. The number of ether oxygens (including phenoxy) is 2. The van der Waals surface area contributed by atoms with Gasteiger partial charge in [0.05, 0.1) is 25.0 Å². The van der Waals surface area contributed by atoms with Crippen molar-refractivity contribution in [3.8, 4) is 0 Å². The fourth-order valence-electron chi connectivity index (χ4n) is 2.53. The van der Waals surface area contributed by atoms with Crippen LogP contribution in [0.4, 0.5) is 0 Å². The number of carbonyl (C=O) groups is 2. The molecule has 4 nitrogen and oxygen atoms in total. The molecular formula is C12H16O4. The fraction of sp³-hybridized carbons (Fsp3) is 0.667. The van der Waals surface area contributed by atoms with Crippen molar-refractivity contribution in [3.63, 3.8) is 0 Å². The van der Waals surface area contributed by atoms with Gasteiger partial charge in [-0.05, 0) is 12.8 Å². The lowest BCUT2D eigenvalue weighted by atomic mass is 9.72. The van der Waals surface area contributed by atoms with E-state index in [-0.39, 0.29) is 35.6 Å². The topological polar surface area (TPSA) is 52.6 Å². The number of hydrogen-bond donors (Lipinski definition) is 0. The van der Waals surface area contributed by atoms with E-state index in [9.17, 15) is 9.59 Å². The molecule has 1 aliphatic heterocycles. The Morgan fingerprint density at radius 1 is 1.56 bits per heavy atom. The molecule has 2 rings (SSSR count). The maximum absolute atomic E-state index is 11.8. The number of fused-ring (bicyclic) bond motifs is 1. The molecule has 0 spiro atoms. The summed E-state index contributed by atoms with van der Waals surface area (Å²) in [6.45, 7) is 4.46. The minimum absolute atomic E-state index is 0.0495. The number of esters is 2. The van der Waals surface area contributed by atoms with Crippen molar-refractivity contribution in [2.24, 2.45) is 23.7 Å². The first kappa shape index (κ1) is 11.2. The SMILES string of the molecule is CCOC(=O)[C@@H]1[C@H]2COC(=O)[C@@H]2C=C[C@@H]1C. The van der Waals surface area contributed by atoms with Gasteiger partial charge in [0, 0.05) is 5.92 Å². The van der Waals surface area contributed by atoms with Crippen LogP contribution in [0.25, 0.3) is 0 Å². The van der Waals surface area contributed by atoms with E-state index in [1.54, 1.807) is 6.92 Å². The Hall–Kier alpha value is -1.32. The standard InChI is InChI=1S/C12H16O4/c1-3-15-12(14)10-7(2)4-5-8-9(10)6-16-11(8)13/h4-5,7-10H,3,6H2,1-2H3/t7-,8+,9-,10-/m0/s1. The van der Waals surface area contributed by atoms with Crippen LogP contribution in [0.15, 0.2) is 12.2 Å². The van der Waals surface area contributed by atoms with Gasteiger partial charge in [-0.3, -0.25) is 9.59 Å². The molecule has 0 aromatic rings. The monoisotopic (exact) mass is 224 g/mol. The molecule has 1 fully saturated rings. The lowest BCUT2D eigenvalue weighted by Crippen LogP contribution is -2.37. The largest absolute Gasteiger partial charge is 0.466 e. The van der Waals surface area contributed by atoms with Crippen LogP contribution in [0.5, 0.6) is 0 Å². The Labute approximate surface area is 94.6 Å². The van der Waals surface area contributed by atoms with Gasteiger partial charge in [-0.25, -0.2) is 0 Å².